The van der Waals surface area contributed by atoms with Crippen LogP contribution in [-0.2, 0) is 4.74 Å². The first kappa shape index (κ1) is 14.4. The van der Waals surface area contributed by atoms with E-state index in [-0.39, 0.29) is 5.37 Å². The van der Waals surface area contributed by atoms with Crippen molar-refractivity contribution in [1.82, 2.24) is 4.90 Å². The summed E-state index contributed by atoms with van der Waals surface area (Å²) < 4.78 is 5.08. The average molecular weight is 237 g/mol. The van der Waals surface area contributed by atoms with Crippen molar-refractivity contribution in [3.63, 3.8) is 0 Å². The molecule has 2 atom stereocenters. The van der Waals surface area contributed by atoms with Crippen LogP contribution in [0.1, 0.15) is 20.8 Å². The summed E-state index contributed by atoms with van der Waals surface area (Å²) in [7, 11) is -1.39. The normalized spacial score (nSPS) is 14.9. The molecular formula is C9H20NO2PS. The molecule has 84 valence electrons. The summed E-state index contributed by atoms with van der Waals surface area (Å²) >= 11 is 4.38. The van der Waals surface area contributed by atoms with Crippen molar-refractivity contribution < 1.29 is 9.63 Å². The second-order valence-corrected chi connectivity index (χ2v) is 4.74. The van der Waals surface area contributed by atoms with Crippen molar-refractivity contribution in [3.8, 4) is 0 Å². The molecule has 2 unspecified atom stereocenters. The quantitative estimate of drug-likeness (QED) is 0.410. The van der Waals surface area contributed by atoms with Crippen molar-refractivity contribution in [2.24, 2.45) is 0 Å². The molecule has 0 saturated carbocycles. The zero-order chi connectivity index (χ0) is 11.0. The Morgan fingerprint density at radius 1 is 1.43 bits per heavy atom. The van der Waals surface area contributed by atoms with Gasteiger partial charge in [-0.25, -0.2) is 0 Å². The molecule has 0 spiro atoms. The Balaban J connectivity index is 4.04. The number of hydrogen-bond acceptors (Lipinski definition) is 4. The lowest BCUT2D eigenvalue weighted by molar-refractivity contribution is -0.156. The molecular weight excluding hydrogens is 217 g/mol. The SMILES string of the molecule is CCOC/[P+]([O-])=C/C(S)N(CC)CC. The molecule has 0 bridgehead atoms. The third kappa shape index (κ3) is 5.99. The Bertz CT molecular complexity index is 174. The van der Waals surface area contributed by atoms with Gasteiger partial charge in [-0.1, -0.05) is 13.8 Å². The number of thiol groups is 1. The van der Waals surface area contributed by atoms with Gasteiger partial charge < -0.3 is 9.63 Å². The van der Waals surface area contributed by atoms with Crippen LogP contribution in [0.5, 0.6) is 0 Å². The highest BCUT2D eigenvalue weighted by Gasteiger charge is 2.11. The van der Waals surface area contributed by atoms with Crippen LogP contribution in [-0.4, -0.2) is 42.1 Å². The summed E-state index contributed by atoms with van der Waals surface area (Å²) in [5.41, 5.74) is 0. The van der Waals surface area contributed by atoms with Gasteiger partial charge in [-0.2, -0.15) is 12.6 Å². The Morgan fingerprint density at radius 3 is 2.43 bits per heavy atom. The Labute approximate surface area is 93.3 Å². The minimum Gasteiger partial charge on any atom is -0.629 e. The lowest BCUT2D eigenvalue weighted by Crippen LogP contribution is -2.32. The third-order valence-electron chi connectivity index (χ3n) is 1.91. The van der Waals surface area contributed by atoms with Crippen LogP contribution in [0.4, 0.5) is 0 Å². The molecule has 0 aliphatic carbocycles. The van der Waals surface area contributed by atoms with Crippen LogP contribution in [0.2, 0.25) is 0 Å². The zero-order valence-corrected chi connectivity index (χ0v) is 10.9. The van der Waals surface area contributed by atoms with E-state index in [9.17, 15) is 4.89 Å². The van der Waals surface area contributed by atoms with Gasteiger partial charge in [0.1, 0.15) is 11.2 Å². The molecule has 0 aliphatic heterocycles. The van der Waals surface area contributed by atoms with E-state index in [1.54, 1.807) is 5.80 Å². The molecule has 0 rings (SSSR count). The molecule has 0 aromatic heterocycles. The molecule has 14 heavy (non-hydrogen) atoms. The van der Waals surface area contributed by atoms with Gasteiger partial charge in [-0.05, 0) is 20.0 Å². The monoisotopic (exact) mass is 237 g/mol. The Morgan fingerprint density at radius 2 is 2.00 bits per heavy atom. The van der Waals surface area contributed by atoms with Gasteiger partial charge >= 0.3 is 0 Å². The first-order chi connectivity index (χ1) is 6.65. The maximum Gasteiger partial charge on any atom is 0.201 e. The summed E-state index contributed by atoms with van der Waals surface area (Å²) in [5.74, 6) is 1.75. The van der Waals surface area contributed by atoms with Gasteiger partial charge in [0.15, 0.2) is 0 Å². The summed E-state index contributed by atoms with van der Waals surface area (Å²) in [6, 6.07) is 0. The second-order valence-electron chi connectivity index (χ2n) is 2.82. The van der Waals surface area contributed by atoms with E-state index in [1.807, 2.05) is 6.92 Å². The first-order valence-electron chi connectivity index (χ1n) is 4.94. The van der Waals surface area contributed by atoms with Crippen molar-refractivity contribution >= 4 is 26.2 Å². The largest absolute Gasteiger partial charge is 0.629 e. The highest BCUT2D eigenvalue weighted by atomic mass is 32.1. The predicted molar refractivity (Wildman–Crippen MR) is 65.2 cm³/mol. The minimum absolute atomic E-state index is 0.0333. The molecule has 0 radical (unpaired) electrons. The van der Waals surface area contributed by atoms with E-state index in [1.165, 1.54) is 0 Å². The topological polar surface area (TPSA) is 35.5 Å². The summed E-state index contributed by atoms with van der Waals surface area (Å²) in [4.78, 5) is 13.6. The maximum atomic E-state index is 11.4. The molecule has 0 aliphatic rings. The molecule has 0 aromatic carbocycles. The van der Waals surface area contributed by atoms with Crippen molar-refractivity contribution in [1.29, 1.82) is 0 Å². The molecule has 0 saturated heterocycles. The van der Waals surface area contributed by atoms with E-state index in [0.29, 0.717) is 13.0 Å². The van der Waals surface area contributed by atoms with Gasteiger partial charge in [0.05, 0.1) is 7.77 Å². The van der Waals surface area contributed by atoms with E-state index in [2.05, 4.69) is 31.4 Å². The Hall–Kier alpha value is 0.400. The molecule has 0 N–H and O–H groups in total. The average Bonchev–Trinajstić information content (AvgIpc) is 2.16. The summed E-state index contributed by atoms with van der Waals surface area (Å²) in [5, 5.41) is -0.0333. The smallest absolute Gasteiger partial charge is 0.201 e. The fraction of sp³-hybridized carbons (Fsp3) is 0.889. The molecule has 5 heteroatoms. The fourth-order valence-electron chi connectivity index (χ4n) is 1.07. The lowest BCUT2D eigenvalue weighted by Gasteiger charge is -2.21. The van der Waals surface area contributed by atoms with Crippen molar-refractivity contribution in [2.45, 2.75) is 26.1 Å². The van der Waals surface area contributed by atoms with Gasteiger partial charge in [0, 0.05) is 6.61 Å². The van der Waals surface area contributed by atoms with E-state index in [0.717, 1.165) is 13.1 Å². The van der Waals surface area contributed by atoms with Gasteiger partial charge in [-0.15, -0.1) is 0 Å². The molecule has 0 fully saturated rings. The van der Waals surface area contributed by atoms with E-state index >= 15 is 0 Å². The lowest BCUT2D eigenvalue weighted by atomic mass is 10.5. The molecule has 0 heterocycles. The van der Waals surface area contributed by atoms with Gasteiger partial charge in [-0.3, -0.25) is 4.90 Å². The second kappa shape index (κ2) is 8.69. The first-order valence-corrected chi connectivity index (χ1v) is 6.97. The standard InChI is InChI=1S/C9H20NO2PS/c1-4-10(5-2)9(14)7-13(11)8-12-6-3/h7,9,14H,4-6,8H2,1-3H3. The highest BCUT2D eigenvalue weighted by Crippen LogP contribution is 2.13. The van der Waals surface area contributed by atoms with E-state index < -0.39 is 7.77 Å². The highest BCUT2D eigenvalue weighted by molar-refractivity contribution is 7.82. The molecule has 0 aromatic rings. The molecule has 3 nitrogen and oxygen atoms in total. The van der Waals surface area contributed by atoms with Gasteiger partial charge in [0.2, 0.25) is 6.35 Å². The molecule has 0 amide bonds. The van der Waals surface area contributed by atoms with E-state index in [4.69, 9.17) is 4.74 Å². The predicted octanol–water partition coefficient (Wildman–Crippen LogP) is 1.14. The number of nitrogens with zero attached hydrogens (tertiary/aromatic N) is 1. The summed E-state index contributed by atoms with van der Waals surface area (Å²) in [6.45, 7) is 8.47. The van der Waals surface area contributed by atoms with Gasteiger partial charge in [0.25, 0.3) is 0 Å². The summed E-state index contributed by atoms with van der Waals surface area (Å²) in [6.07, 6.45) is 0.310. The van der Waals surface area contributed by atoms with Crippen molar-refractivity contribution in [3.05, 3.63) is 0 Å². The van der Waals surface area contributed by atoms with Crippen LogP contribution in [0, 0.1) is 0 Å². The zero-order valence-electron chi connectivity index (χ0n) is 9.14. The minimum atomic E-state index is -1.39. The Kier molecular flexibility index (Phi) is 8.94. The van der Waals surface area contributed by atoms with Crippen LogP contribution in [0.15, 0.2) is 0 Å². The van der Waals surface area contributed by atoms with Crippen LogP contribution in [0.25, 0.3) is 0 Å². The number of hydrogen-bond donors (Lipinski definition) is 1. The van der Waals surface area contributed by atoms with Crippen LogP contribution < -0.4 is 4.89 Å². The maximum absolute atomic E-state index is 11.4. The number of rotatable bonds is 7. The van der Waals surface area contributed by atoms with Crippen molar-refractivity contribution in [2.75, 3.05) is 26.0 Å². The third-order valence-corrected chi connectivity index (χ3v) is 3.67. The van der Waals surface area contributed by atoms with Crippen LogP contribution >= 0.6 is 20.4 Å². The fourth-order valence-corrected chi connectivity index (χ4v) is 2.77. The van der Waals surface area contributed by atoms with Crippen LogP contribution in [0.3, 0.4) is 0 Å². The number of ether oxygens (including phenoxy) is 1.